The molecule has 82 valence electrons. The van der Waals surface area contributed by atoms with Crippen LogP contribution in [0.2, 0.25) is 0 Å². The van der Waals surface area contributed by atoms with E-state index in [1.165, 1.54) is 10.1 Å². The molecule has 0 radical (unpaired) electrons. The maximum atomic E-state index is 2.25. The van der Waals surface area contributed by atoms with Gasteiger partial charge in [0, 0.05) is 0 Å². The number of pyridine rings is 1. The first-order valence-corrected chi connectivity index (χ1v) is 6.80. The summed E-state index contributed by atoms with van der Waals surface area (Å²) in [5.74, 6) is 0. The molecule has 0 saturated heterocycles. The van der Waals surface area contributed by atoms with E-state index in [0.29, 0.717) is 15.2 Å². The molecule has 2 nitrogen and oxygen atoms in total. The predicted octanol–water partition coefficient (Wildman–Crippen LogP) is 0.833. The van der Waals surface area contributed by atoms with Crippen LogP contribution in [0.25, 0.3) is 0 Å². The molecule has 0 unspecified atom stereocenters. The van der Waals surface area contributed by atoms with E-state index >= 15 is 0 Å². The van der Waals surface area contributed by atoms with Crippen molar-refractivity contribution in [3.8, 4) is 0 Å². The minimum atomic E-state index is 0.339. The van der Waals surface area contributed by atoms with Crippen LogP contribution in [-0.4, -0.2) is 29.3 Å². The van der Waals surface area contributed by atoms with Gasteiger partial charge in [0.2, 0.25) is 0 Å². The molecule has 0 fully saturated rings. The Bertz CT molecular complexity index is 437. The van der Waals surface area contributed by atoms with Crippen LogP contribution in [0, 0.1) is 0 Å². The van der Waals surface area contributed by atoms with Crippen molar-refractivity contribution in [1.29, 1.82) is 0 Å². The van der Waals surface area contributed by atoms with Gasteiger partial charge in [-0.3, -0.25) is 0 Å². The van der Waals surface area contributed by atoms with Crippen molar-refractivity contribution in [2.24, 2.45) is 0 Å². The molecular formula is C13H15N2Se+. The average molecular weight is 278 g/mol. The Morgan fingerprint density at radius 2 is 1.56 bits per heavy atom. The first-order chi connectivity index (χ1) is 7.75. The normalized spacial score (nSPS) is 10.1. The molecule has 2 aromatic rings. The minimum absolute atomic E-state index is 0.339. The van der Waals surface area contributed by atoms with Crippen molar-refractivity contribution in [1.82, 2.24) is 0 Å². The summed E-state index contributed by atoms with van der Waals surface area (Å²) in [6.07, 6.45) is 4.28. The SMILES string of the molecule is CN(C)c1cc[n+]([Se]c2ccccc2)cc1. The second-order valence-corrected chi connectivity index (χ2v) is 5.97. The van der Waals surface area contributed by atoms with E-state index in [-0.39, 0.29) is 0 Å². The van der Waals surface area contributed by atoms with Gasteiger partial charge >= 0.3 is 103 Å². The second kappa shape index (κ2) is 5.15. The third-order valence-electron chi connectivity index (χ3n) is 2.25. The van der Waals surface area contributed by atoms with Crippen LogP contribution in [0.15, 0.2) is 54.9 Å². The summed E-state index contributed by atoms with van der Waals surface area (Å²) in [4.78, 5) is 2.11. The van der Waals surface area contributed by atoms with E-state index in [1.54, 1.807) is 0 Å². The number of hydrogen-bond acceptors (Lipinski definition) is 1. The fourth-order valence-electron chi connectivity index (χ4n) is 1.37. The van der Waals surface area contributed by atoms with Crippen LogP contribution >= 0.6 is 0 Å². The molecule has 0 spiro atoms. The molecule has 0 saturated carbocycles. The third kappa shape index (κ3) is 2.84. The number of hydrogen-bond donors (Lipinski definition) is 0. The van der Waals surface area contributed by atoms with Crippen molar-refractivity contribution in [2.75, 3.05) is 19.0 Å². The van der Waals surface area contributed by atoms with Gasteiger partial charge in [-0.2, -0.15) is 0 Å². The van der Waals surface area contributed by atoms with E-state index in [4.69, 9.17) is 0 Å². The Kier molecular flexibility index (Phi) is 3.60. The van der Waals surface area contributed by atoms with Crippen molar-refractivity contribution in [2.45, 2.75) is 0 Å². The van der Waals surface area contributed by atoms with E-state index in [9.17, 15) is 0 Å². The van der Waals surface area contributed by atoms with Gasteiger partial charge in [-0.05, 0) is 0 Å². The van der Waals surface area contributed by atoms with Crippen LogP contribution in [0.3, 0.4) is 0 Å². The van der Waals surface area contributed by atoms with Crippen molar-refractivity contribution in [3.05, 3.63) is 54.9 Å². The summed E-state index contributed by atoms with van der Waals surface area (Å²) in [5, 5.41) is 0. The number of nitrogens with zero attached hydrogens (tertiary/aromatic N) is 2. The monoisotopic (exact) mass is 279 g/mol. The number of anilines is 1. The first kappa shape index (κ1) is 11.2. The molecule has 0 amide bonds. The van der Waals surface area contributed by atoms with Gasteiger partial charge in [-0.15, -0.1) is 0 Å². The van der Waals surface area contributed by atoms with Gasteiger partial charge in [0.05, 0.1) is 0 Å². The molecule has 0 bridgehead atoms. The van der Waals surface area contributed by atoms with Gasteiger partial charge in [0.1, 0.15) is 0 Å². The van der Waals surface area contributed by atoms with Crippen molar-refractivity contribution >= 4 is 25.3 Å². The van der Waals surface area contributed by atoms with E-state index < -0.39 is 0 Å². The summed E-state index contributed by atoms with van der Waals surface area (Å²) >= 11 is 0.339. The number of rotatable bonds is 3. The molecular weight excluding hydrogens is 263 g/mol. The summed E-state index contributed by atoms with van der Waals surface area (Å²) in [7, 11) is 4.12. The van der Waals surface area contributed by atoms with Gasteiger partial charge in [-0.25, -0.2) is 0 Å². The molecule has 0 atom stereocenters. The zero-order valence-electron chi connectivity index (χ0n) is 9.50. The van der Waals surface area contributed by atoms with Crippen LogP contribution < -0.4 is 12.9 Å². The van der Waals surface area contributed by atoms with Crippen molar-refractivity contribution < 1.29 is 3.58 Å². The maximum absolute atomic E-state index is 2.25. The molecule has 0 N–H and O–H groups in total. The summed E-state index contributed by atoms with van der Waals surface area (Å²) < 4.78 is 3.63. The number of benzene rings is 1. The van der Waals surface area contributed by atoms with Crippen LogP contribution in [0.5, 0.6) is 0 Å². The zero-order chi connectivity index (χ0) is 11.4. The van der Waals surface area contributed by atoms with E-state index in [1.807, 2.05) is 0 Å². The molecule has 0 aliphatic carbocycles. The van der Waals surface area contributed by atoms with E-state index in [0.717, 1.165) is 0 Å². The molecule has 1 aromatic heterocycles. The van der Waals surface area contributed by atoms with E-state index in [2.05, 4.69) is 77.4 Å². The van der Waals surface area contributed by atoms with Gasteiger partial charge in [-0.1, -0.05) is 0 Å². The fraction of sp³-hybridized carbons (Fsp3) is 0.154. The molecule has 3 heteroatoms. The second-order valence-electron chi connectivity index (χ2n) is 3.71. The quantitative estimate of drug-likeness (QED) is 0.755. The molecule has 0 aliphatic rings. The predicted molar refractivity (Wildman–Crippen MR) is 68.2 cm³/mol. The third-order valence-corrected chi connectivity index (χ3v) is 4.22. The molecule has 0 aliphatic heterocycles. The average Bonchev–Trinajstić information content (AvgIpc) is 2.31. The van der Waals surface area contributed by atoms with Gasteiger partial charge in [0.15, 0.2) is 0 Å². The Labute approximate surface area is 103 Å². The fourth-order valence-corrected chi connectivity index (χ4v) is 2.97. The first-order valence-electron chi connectivity index (χ1n) is 5.18. The Morgan fingerprint density at radius 3 is 2.12 bits per heavy atom. The van der Waals surface area contributed by atoms with Gasteiger partial charge < -0.3 is 0 Å². The zero-order valence-corrected chi connectivity index (χ0v) is 11.2. The summed E-state index contributed by atoms with van der Waals surface area (Å²) in [6, 6.07) is 14.9. The Morgan fingerprint density at radius 1 is 0.938 bits per heavy atom. The Balaban J connectivity index is 2.11. The van der Waals surface area contributed by atoms with Gasteiger partial charge in [0.25, 0.3) is 0 Å². The van der Waals surface area contributed by atoms with Crippen LogP contribution in [0.1, 0.15) is 0 Å². The molecule has 2 rings (SSSR count). The topological polar surface area (TPSA) is 7.12 Å². The molecule has 1 aromatic carbocycles. The standard InChI is InChI=1S/C13H15N2Se/c1-14(2)12-8-10-15(11-9-12)16-13-6-4-3-5-7-13/h3-11H,1-2H3/q+1. The Hall–Kier alpha value is -1.31. The molecule has 16 heavy (non-hydrogen) atoms. The van der Waals surface area contributed by atoms with Crippen molar-refractivity contribution in [3.63, 3.8) is 0 Å². The molecule has 1 heterocycles. The summed E-state index contributed by atoms with van der Waals surface area (Å²) in [5.41, 5.74) is 1.24. The summed E-state index contributed by atoms with van der Waals surface area (Å²) in [6.45, 7) is 0. The number of aromatic nitrogens is 1. The van der Waals surface area contributed by atoms with Crippen LogP contribution in [0.4, 0.5) is 5.69 Å². The van der Waals surface area contributed by atoms with Crippen LogP contribution in [-0.2, 0) is 0 Å².